The number of piperidine rings is 1. The van der Waals surface area contributed by atoms with Gasteiger partial charge in [-0.2, -0.15) is 0 Å². The molecule has 0 aliphatic carbocycles. The van der Waals surface area contributed by atoms with E-state index in [1.165, 1.54) is 12.3 Å². The molecule has 0 bridgehead atoms. The molecule has 12 heteroatoms. The molecule has 4 N–H and O–H groups in total. The molecule has 0 saturated carbocycles. The Morgan fingerprint density at radius 3 is 2.64 bits per heavy atom. The zero-order valence-electron chi connectivity index (χ0n) is 18.8. The van der Waals surface area contributed by atoms with Crippen LogP contribution in [0.4, 0.5) is 4.79 Å². The molecule has 1 atom stereocenters. The zero-order valence-corrected chi connectivity index (χ0v) is 18.8. The van der Waals surface area contributed by atoms with Crippen LogP contribution in [0.2, 0.25) is 0 Å². The molecule has 33 heavy (non-hydrogen) atoms. The highest BCUT2D eigenvalue weighted by Crippen LogP contribution is 2.19. The average Bonchev–Trinajstić information content (AvgIpc) is 2.74. The van der Waals surface area contributed by atoms with E-state index in [-0.39, 0.29) is 48.0 Å². The fraction of sp³-hybridized carbons (Fsp3) is 0.524. The summed E-state index contributed by atoms with van der Waals surface area (Å²) in [6.07, 6.45) is 2.02. The molecule has 0 radical (unpaired) electrons. The highest BCUT2D eigenvalue weighted by atomic mass is 16.6. The summed E-state index contributed by atoms with van der Waals surface area (Å²) in [5.41, 5.74) is -1.62. The number of carbonyl (C=O) groups is 3. The standard InChI is InChI=1S/C21H28N6O6/c1-21(2,3)33-20(32)23-7-6-22-16(28)12-5-4-8-27(11-12)18(30)13-9-14-15(24-10-13)25-19(31)26-17(14)29/h9-10,12H,4-8,11H2,1-3H3,(H,22,28)(H,23,32)(H2,24,25,26,29,31). The number of rotatable bonds is 5. The molecule has 1 fully saturated rings. The van der Waals surface area contributed by atoms with E-state index in [1.54, 1.807) is 25.7 Å². The van der Waals surface area contributed by atoms with Crippen molar-refractivity contribution in [3.63, 3.8) is 0 Å². The van der Waals surface area contributed by atoms with Crippen molar-refractivity contribution in [3.8, 4) is 0 Å². The lowest BCUT2D eigenvalue weighted by molar-refractivity contribution is -0.126. The number of likely N-dealkylation sites (tertiary alicyclic amines) is 1. The number of H-pyrrole nitrogens is 2. The molecule has 3 amide bonds. The number of ether oxygens (including phenoxy) is 1. The largest absolute Gasteiger partial charge is 0.444 e. The number of hydrogen-bond acceptors (Lipinski definition) is 7. The highest BCUT2D eigenvalue weighted by molar-refractivity contribution is 5.97. The van der Waals surface area contributed by atoms with Crippen molar-refractivity contribution in [2.75, 3.05) is 26.2 Å². The van der Waals surface area contributed by atoms with E-state index in [1.807, 2.05) is 0 Å². The number of aromatic nitrogens is 3. The summed E-state index contributed by atoms with van der Waals surface area (Å²) >= 11 is 0. The first-order valence-corrected chi connectivity index (χ1v) is 10.7. The minimum atomic E-state index is -0.676. The Balaban J connectivity index is 1.55. The molecule has 3 rings (SSSR count). The van der Waals surface area contributed by atoms with Gasteiger partial charge in [0.2, 0.25) is 5.91 Å². The van der Waals surface area contributed by atoms with E-state index >= 15 is 0 Å². The van der Waals surface area contributed by atoms with Crippen LogP contribution in [0.5, 0.6) is 0 Å². The van der Waals surface area contributed by atoms with Crippen LogP contribution in [0.1, 0.15) is 44.0 Å². The van der Waals surface area contributed by atoms with Crippen LogP contribution in [-0.4, -0.2) is 69.5 Å². The SMILES string of the molecule is CC(C)(C)OC(=O)NCCNC(=O)C1CCCN(C(=O)c2cnc3[nH]c(=O)[nH]c(=O)c3c2)C1. The monoisotopic (exact) mass is 460 g/mol. The van der Waals surface area contributed by atoms with Gasteiger partial charge in [-0.25, -0.2) is 14.6 Å². The van der Waals surface area contributed by atoms with E-state index in [0.29, 0.717) is 19.4 Å². The molecule has 1 unspecified atom stereocenters. The summed E-state index contributed by atoms with van der Waals surface area (Å²) < 4.78 is 5.13. The first-order chi connectivity index (χ1) is 15.5. The van der Waals surface area contributed by atoms with E-state index in [9.17, 15) is 24.0 Å². The molecular formula is C21H28N6O6. The number of amides is 3. The van der Waals surface area contributed by atoms with Gasteiger partial charge in [0.1, 0.15) is 11.2 Å². The number of fused-ring (bicyclic) bond motifs is 1. The topological polar surface area (TPSA) is 166 Å². The van der Waals surface area contributed by atoms with Crippen LogP contribution in [0, 0.1) is 5.92 Å². The second-order valence-corrected chi connectivity index (χ2v) is 8.84. The Morgan fingerprint density at radius 1 is 1.18 bits per heavy atom. The van der Waals surface area contributed by atoms with Crippen LogP contribution in [-0.2, 0) is 9.53 Å². The van der Waals surface area contributed by atoms with Crippen LogP contribution in [0.15, 0.2) is 21.9 Å². The van der Waals surface area contributed by atoms with Crippen molar-refractivity contribution >= 4 is 28.9 Å². The number of hydrogen-bond donors (Lipinski definition) is 4. The molecule has 3 heterocycles. The third kappa shape index (κ3) is 6.40. The normalized spacial score (nSPS) is 16.3. The number of aromatic amines is 2. The Kier molecular flexibility index (Phi) is 7.14. The highest BCUT2D eigenvalue weighted by Gasteiger charge is 2.29. The Labute approximate surface area is 189 Å². The molecule has 1 saturated heterocycles. The fourth-order valence-electron chi connectivity index (χ4n) is 3.53. The molecular weight excluding hydrogens is 432 g/mol. The second-order valence-electron chi connectivity index (χ2n) is 8.84. The number of pyridine rings is 1. The van der Waals surface area contributed by atoms with E-state index < -0.39 is 28.9 Å². The average molecular weight is 460 g/mol. The lowest BCUT2D eigenvalue weighted by Gasteiger charge is -2.32. The van der Waals surface area contributed by atoms with E-state index in [4.69, 9.17) is 4.74 Å². The van der Waals surface area contributed by atoms with Gasteiger partial charge in [0, 0.05) is 32.4 Å². The van der Waals surface area contributed by atoms with Gasteiger partial charge < -0.3 is 20.3 Å². The quantitative estimate of drug-likeness (QED) is 0.459. The number of nitrogens with one attached hydrogen (secondary N) is 4. The molecule has 0 spiro atoms. The minimum absolute atomic E-state index is 0.0937. The minimum Gasteiger partial charge on any atom is -0.444 e. The third-order valence-corrected chi connectivity index (χ3v) is 5.01. The third-order valence-electron chi connectivity index (χ3n) is 5.01. The number of nitrogens with zero attached hydrogens (tertiary/aromatic N) is 2. The van der Waals surface area contributed by atoms with E-state index in [0.717, 1.165) is 0 Å². The molecule has 2 aromatic heterocycles. The molecule has 1 aliphatic rings. The van der Waals surface area contributed by atoms with Gasteiger partial charge >= 0.3 is 11.8 Å². The summed E-state index contributed by atoms with van der Waals surface area (Å²) in [6, 6.07) is 1.38. The fourth-order valence-corrected chi connectivity index (χ4v) is 3.53. The number of carbonyl (C=O) groups excluding carboxylic acids is 3. The smallest absolute Gasteiger partial charge is 0.407 e. The maximum absolute atomic E-state index is 12.9. The van der Waals surface area contributed by atoms with Crippen LogP contribution in [0.25, 0.3) is 11.0 Å². The summed E-state index contributed by atoms with van der Waals surface area (Å²) in [4.78, 5) is 70.6. The first kappa shape index (κ1) is 24.0. The van der Waals surface area contributed by atoms with Crippen molar-refractivity contribution in [1.82, 2.24) is 30.5 Å². The van der Waals surface area contributed by atoms with Gasteiger partial charge in [0.05, 0.1) is 16.9 Å². The van der Waals surface area contributed by atoms with Gasteiger partial charge in [-0.05, 0) is 39.7 Å². The summed E-state index contributed by atoms with van der Waals surface area (Å²) in [6.45, 7) is 6.44. The van der Waals surface area contributed by atoms with Gasteiger partial charge in [-0.15, -0.1) is 0 Å². The lowest BCUT2D eigenvalue weighted by Crippen LogP contribution is -2.46. The van der Waals surface area contributed by atoms with Gasteiger partial charge in [0.15, 0.2) is 0 Å². The van der Waals surface area contributed by atoms with Crippen molar-refractivity contribution in [3.05, 3.63) is 38.7 Å². The van der Waals surface area contributed by atoms with Crippen molar-refractivity contribution in [2.24, 2.45) is 5.92 Å². The van der Waals surface area contributed by atoms with Crippen molar-refractivity contribution in [1.29, 1.82) is 0 Å². The van der Waals surface area contributed by atoms with Crippen molar-refractivity contribution in [2.45, 2.75) is 39.2 Å². The Morgan fingerprint density at radius 2 is 1.91 bits per heavy atom. The maximum atomic E-state index is 12.9. The first-order valence-electron chi connectivity index (χ1n) is 10.7. The predicted octanol–water partition coefficient (Wildman–Crippen LogP) is 0.105. The Hall–Kier alpha value is -3.70. The molecule has 12 nitrogen and oxygen atoms in total. The second kappa shape index (κ2) is 9.84. The molecule has 178 valence electrons. The van der Waals surface area contributed by atoms with E-state index in [2.05, 4.69) is 25.6 Å². The number of alkyl carbamates (subject to hydrolysis) is 1. The van der Waals surface area contributed by atoms with Crippen molar-refractivity contribution < 1.29 is 19.1 Å². The van der Waals surface area contributed by atoms with Gasteiger partial charge in [0.25, 0.3) is 11.5 Å². The van der Waals surface area contributed by atoms with Crippen LogP contribution in [0.3, 0.4) is 0 Å². The molecule has 0 aromatic carbocycles. The zero-order chi connectivity index (χ0) is 24.2. The van der Waals surface area contributed by atoms with Crippen LogP contribution < -0.4 is 21.9 Å². The summed E-state index contributed by atoms with van der Waals surface area (Å²) in [7, 11) is 0. The summed E-state index contributed by atoms with van der Waals surface area (Å²) in [5.74, 6) is -0.944. The van der Waals surface area contributed by atoms with Gasteiger partial charge in [-0.1, -0.05) is 0 Å². The maximum Gasteiger partial charge on any atom is 0.407 e. The summed E-state index contributed by atoms with van der Waals surface area (Å²) in [5, 5.41) is 5.44. The molecule has 2 aromatic rings. The molecule has 1 aliphatic heterocycles. The van der Waals surface area contributed by atoms with Gasteiger partial charge in [-0.3, -0.25) is 24.4 Å². The lowest BCUT2D eigenvalue weighted by atomic mass is 9.96. The van der Waals surface area contributed by atoms with Crippen LogP contribution >= 0.6 is 0 Å². The Bertz CT molecular complexity index is 1160. The predicted molar refractivity (Wildman–Crippen MR) is 119 cm³/mol.